The average molecular weight is 451 g/mol. The van der Waals surface area contributed by atoms with Crippen LogP contribution >= 0.6 is 0 Å². The maximum atomic E-state index is 6.09. The molecule has 0 heterocycles. The highest BCUT2D eigenvalue weighted by Crippen LogP contribution is 2.37. The molecule has 0 radical (unpaired) electrons. The molecule has 0 aliphatic heterocycles. The van der Waals surface area contributed by atoms with E-state index >= 15 is 0 Å². The lowest BCUT2D eigenvalue weighted by atomic mass is 9.74. The highest BCUT2D eigenvalue weighted by atomic mass is 16.5. The lowest BCUT2D eigenvalue weighted by Gasteiger charge is -2.30. The van der Waals surface area contributed by atoms with Crippen LogP contribution in [0.5, 0.6) is 23.0 Å². The van der Waals surface area contributed by atoms with Gasteiger partial charge in [0.2, 0.25) is 0 Å². The molecule has 4 aromatic rings. The van der Waals surface area contributed by atoms with Crippen molar-refractivity contribution in [2.24, 2.45) is 0 Å². The molecule has 34 heavy (non-hydrogen) atoms. The molecule has 0 aliphatic rings. The van der Waals surface area contributed by atoms with Gasteiger partial charge >= 0.3 is 0 Å². The first-order valence-electron chi connectivity index (χ1n) is 12.0. The monoisotopic (exact) mass is 450 g/mol. The number of benzene rings is 4. The SMILES string of the molecule is CCC(C)(c1ccc(Oc2ccc(C)c(C)c2)cc1)c1ccc(Oc2ccc(C)c(C)c2)cc1. The van der Waals surface area contributed by atoms with Gasteiger partial charge in [0.15, 0.2) is 0 Å². The predicted molar refractivity (Wildman–Crippen MR) is 142 cm³/mol. The van der Waals surface area contributed by atoms with E-state index in [1.807, 2.05) is 12.1 Å². The molecule has 2 heteroatoms. The van der Waals surface area contributed by atoms with E-state index in [9.17, 15) is 0 Å². The fourth-order valence-corrected chi connectivity index (χ4v) is 4.18. The number of aryl methyl sites for hydroxylation is 4. The Morgan fingerprint density at radius 2 is 0.853 bits per heavy atom. The van der Waals surface area contributed by atoms with Gasteiger partial charge in [0.25, 0.3) is 0 Å². The van der Waals surface area contributed by atoms with Crippen molar-refractivity contribution in [3.63, 3.8) is 0 Å². The lowest BCUT2D eigenvalue weighted by Crippen LogP contribution is -2.22. The molecule has 0 aliphatic carbocycles. The van der Waals surface area contributed by atoms with Crippen LogP contribution in [0.1, 0.15) is 53.6 Å². The Morgan fingerprint density at radius 1 is 0.500 bits per heavy atom. The first-order chi connectivity index (χ1) is 16.3. The minimum atomic E-state index is -0.0993. The Labute approximate surface area is 204 Å². The van der Waals surface area contributed by atoms with E-state index < -0.39 is 0 Å². The Bertz CT molecular complexity index is 1170. The maximum absolute atomic E-state index is 6.09. The molecule has 2 nitrogen and oxygen atoms in total. The Kier molecular flexibility index (Phi) is 6.79. The molecule has 4 aromatic carbocycles. The van der Waals surface area contributed by atoms with Gasteiger partial charge in [-0.15, -0.1) is 0 Å². The van der Waals surface area contributed by atoms with Crippen LogP contribution in [0, 0.1) is 27.7 Å². The van der Waals surface area contributed by atoms with Gasteiger partial charge in [0.1, 0.15) is 23.0 Å². The van der Waals surface area contributed by atoms with Crippen molar-refractivity contribution < 1.29 is 9.47 Å². The Balaban J connectivity index is 1.51. The van der Waals surface area contributed by atoms with Crippen LogP contribution in [0.4, 0.5) is 0 Å². The van der Waals surface area contributed by atoms with Crippen LogP contribution < -0.4 is 9.47 Å². The van der Waals surface area contributed by atoms with E-state index in [0.29, 0.717) is 0 Å². The molecule has 174 valence electrons. The van der Waals surface area contributed by atoms with E-state index in [-0.39, 0.29) is 5.41 Å². The molecule has 0 bridgehead atoms. The van der Waals surface area contributed by atoms with E-state index in [2.05, 4.69) is 114 Å². The number of hydrogen-bond donors (Lipinski definition) is 0. The number of hydrogen-bond acceptors (Lipinski definition) is 2. The van der Waals surface area contributed by atoms with Crippen molar-refractivity contribution in [1.29, 1.82) is 0 Å². The van der Waals surface area contributed by atoms with E-state index in [4.69, 9.17) is 9.47 Å². The van der Waals surface area contributed by atoms with Crippen molar-refractivity contribution >= 4 is 0 Å². The fourth-order valence-electron chi connectivity index (χ4n) is 4.18. The zero-order valence-electron chi connectivity index (χ0n) is 21.1. The van der Waals surface area contributed by atoms with Crippen LogP contribution in [0.15, 0.2) is 84.9 Å². The molecule has 0 saturated heterocycles. The van der Waals surface area contributed by atoms with E-state index in [0.717, 1.165) is 29.4 Å². The predicted octanol–water partition coefficient (Wildman–Crippen LogP) is 9.22. The third kappa shape index (κ3) is 5.02. The van der Waals surface area contributed by atoms with Crippen molar-refractivity contribution in [1.82, 2.24) is 0 Å². The quantitative estimate of drug-likeness (QED) is 0.279. The van der Waals surface area contributed by atoms with Gasteiger partial charge in [-0.3, -0.25) is 0 Å². The van der Waals surface area contributed by atoms with Crippen molar-refractivity contribution in [3.8, 4) is 23.0 Å². The summed E-state index contributed by atoms with van der Waals surface area (Å²) in [5.41, 5.74) is 7.45. The second kappa shape index (κ2) is 9.77. The smallest absolute Gasteiger partial charge is 0.127 e. The minimum Gasteiger partial charge on any atom is -0.457 e. The highest BCUT2D eigenvalue weighted by Gasteiger charge is 2.27. The molecule has 0 saturated carbocycles. The van der Waals surface area contributed by atoms with Gasteiger partial charge in [-0.25, -0.2) is 0 Å². The topological polar surface area (TPSA) is 18.5 Å². The standard InChI is InChI=1S/C32H34O2/c1-7-32(6,26-10-16-28(17-11-26)33-30-14-8-22(2)24(4)20-30)27-12-18-29(19-13-27)34-31-15-9-23(3)25(5)21-31/h8-21H,7H2,1-6H3. The second-order valence-corrected chi connectivity index (χ2v) is 9.43. The zero-order chi connectivity index (χ0) is 24.3. The van der Waals surface area contributed by atoms with Crippen molar-refractivity contribution in [3.05, 3.63) is 118 Å². The fraction of sp³-hybridized carbons (Fsp3) is 0.250. The molecular formula is C32H34O2. The van der Waals surface area contributed by atoms with Gasteiger partial charge in [-0.2, -0.15) is 0 Å². The maximum Gasteiger partial charge on any atom is 0.127 e. The first kappa shape index (κ1) is 23.6. The molecule has 0 spiro atoms. The Hall–Kier alpha value is -3.52. The summed E-state index contributed by atoms with van der Waals surface area (Å²) in [5.74, 6) is 3.44. The van der Waals surface area contributed by atoms with Crippen molar-refractivity contribution in [2.75, 3.05) is 0 Å². The minimum absolute atomic E-state index is 0.0993. The summed E-state index contributed by atoms with van der Waals surface area (Å²) in [4.78, 5) is 0. The molecule has 4 rings (SSSR count). The van der Waals surface area contributed by atoms with Crippen LogP contribution in [0.25, 0.3) is 0 Å². The van der Waals surface area contributed by atoms with Gasteiger partial charge < -0.3 is 9.47 Å². The van der Waals surface area contributed by atoms with Gasteiger partial charge in [0.05, 0.1) is 0 Å². The summed E-state index contributed by atoms with van der Waals surface area (Å²) in [7, 11) is 0. The normalized spacial score (nSPS) is 11.4. The summed E-state index contributed by atoms with van der Waals surface area (Å²) in [6, 6.07) is 29.4. The summed E-state index contributed by atoms with van der Waals surface area (Å²) in [5, 5.41) is 0. The number of rotatable bonds is 7. The molecular weight excluding hydrogens is 416 g/mol. The van der Waals surface area contributed by atoms with E-state index in [1.165, 1.54) is 33.4 Å². The largest absolute Gasteiger partial charge is 0.457 e. The van der Waals surface area contributed by atoms with Gasteiger partial charge in [0, 0.05) is 5.41 Å². The highest BCUT2D eigenvalue weighted by molar-refractivity contribution is 5.45. The lowest BCUT2D eigenvalue weighted by molar-refractivity contribution is 0.479. The first-order valence-corrected chi connectivity index (χ1v) is 12.0. The summed E-state index contributed by atoms with van der Waals surface area (Å²) in [6.45, 7) is 13.0. The number of ether oxygens (including phenoxy) is 2. The van der Waals surface area contributed by atoms with Crippen molar-refractivity contribution in [2.45, 2.75) is 53.4 Å². The van der Waals surface area contributed by atoms with Gasteiger partial charge in [-0.05, 0) is 116 Å². The summed E-state index contributed by atoms with van der Waals surface area (Å²) >= 11 is 0. The molecule has 0 unspecified atom stereocenters. The zero-order valence-corrected chi connectivity index (χ0v) is 21.1. The molecule has 0 amide bonds. The van der Waals surface area contributed by atoms with E-state index in [1.54, 1.807) is 0 Å². The molecule has 0 atom stereocenters. The Morgan fingerprint density at radius 3 is 1.18 bits per heavy atom. The van der Waals surface area contributed by atoms with Crippen LogP contribution in [0.3, 0.4) is 0 Å². The van der Waals surface area contributed by atoms with Crippen LogP contribution in [-0.4, -0.2) is 0 Å². The molecule has 0 fully saturated rings. The summed E-state index contributed by atoms with van der Waals surface area (Å²) in [6.07, 6.45) is 0.988. The molecule has 0 N–H and O–H groups in total. The summed E-state index contributed by atoms with van der Waals surface area (Å²) < 4.78 is 12.2. The third-order valence-electron chi connectivity index (χ3n) is 7.12. The average Bonchev–Trinajstić information content (AvgIpc) is 2.84. The van der Waals surface area contributed by atoms with Gasteiger partial charge in [-0.1, -0.05) is 50.2 Å². The second-order valence-electron chi connectivity index (χ2n) is 9.43. The van der Waals surface area contributed by atoms with Crippen LogP contribution in [-0.2, 0) is 5.41 Å². The third-order valence-corrected chi connectivity index (χ3v) is 7.12. The molecule has 0 aromatic heterocycles. The van der Waals surface area contributed by atoms with Crippen LogP contribution in [0.2, 0.25) is 0 Å².